The van der Waals surface area contributed by atoms with Gasteiger partial charge in [0.1, 0.15) is 0 Å². The van der Waals surface area contributed by atoms with Crippen LogP contribution in [0.5, 0.6) is 0 Å². The second-order valence-electron chi connectivity index (χ2n) is 6.62. The number of hydrogen-bond donors (Lipinski definition) is 1. The third kappa shape index (κ3) is 5.40. The van der Waals surface area contributed by atoms with Gasteiger partial charge >= 0.3 is 0 Å². The molecule has 2 atom stereocenters. The highest BCUT2D eigenvalue weighted by Crippen LogP contribution is 2.17. The molecular weight excluding hydrogens is 263 g/mol. The van der Waals surface area contributed by atoms with Crippen LogP contribution in [-0.4, -0.2) is 43.3 Å². The van der Waals surface area contributed by atoms with Crippen LogP contribution in [0.3, 0.4) is 0 Å². The molecule has 0 saturated carbocycles. The van der Waals surface area contributed by atoms with Gasteiger partial charge in [-0.05, 0) is 30.7 Å². The summed E-state index contributed by atoms with van der Waals surface area (Å²) >= 11 is 0. The van der Waals surface area contributed by atoms with E-state index >= 15 is 0 Å². The lowest BCUT2D eigenvalue weighted by Gasteiger charge is -2.41. The van der Waals surface area contributed by atoms with Gasteiger partial charge in [-0.25, -0.2) is 0 Å². The maximum Gasteiger partial charge on any atom is 0.0906 e. The molecule has 118 valence electrons. The van der Waals surface area contributed by atoms with Gasteiger partial charge in [0.15, 0.2) is 0 Å². The van der Waals surface area contributed by atoms with Crippen LogP contribution in [0.4, 0.5) is 4.39 Å². The zero-order valence-corrected chi connectivity index (χ0v) is 13.4. The first-order chi connectivity index (χ1) is 10.2. The molecule has 1 aromatic rings. The van der Waals surface area contributed by atoms with E-state index < -0.39 is 0 Å². The number of halogens is 1. The molecule has 0 spiro atoms. The van der Waals surface area contributed by atoms with Crippen LogP contribution in [-0.2, 0) is 6.42 Å². The topological polar surface area (TPSA) is 15.3 Å². The standard InChI is InChI=1S/C18H29FN2/c1-15(2)11-17-14-21(10-6-9-19)18(13-20-17)12-16-7-4-3-5-8-16/h3-5,7-8,15,17-18,20H,6,9-14H2,1-2H3. The quantitative estimate of drug-likeness (QED) is 0.829. The van der Waals surface area contributed by atoms with Gasteiger partial charge in [0.05, 0.1) is 6.67 Å². The molecular formula is C18H29FN2. The summed E-state index contributed by atoms with van der Waals surface area (Å²) in [4.78, 5) is 2.50. The lowest BCUT2D eigenvalue weighted by Crippen LogP contribution is -2.57. The van der Waals surface area contributed by atoms with Crippen molar-refractivity contribution < 1.29 is 4.39 Å². The Morgan fingerprint density at radius 2 is 2.05 bits per heavy atom. The lowest BCUT2D eigenvalue weighted by molar-refractivity contribution is 0.117. The SMILES string of the molecule is CC(C)CC1CN(CCCF)C(Cc2ccccc2)CN1. The molecule has 1 heterocycles. The molecule has 1 aliphatic rings. The van der Waals surface area contributed by atoms with Crippen molar-refractivity contribution in [2.45, 2.75) is 45.2 Å². The van der Waals surface area contributed by atoms with Crippen LogP contribution in [0, 0.1) is 5.92 Å². The van der Waals surface area contributed by atoms with Crippen molar-refractivity contribution in [2.24, 2.45) is 5.92 Å². The molecule has 1 N–H and O–H groups in total. The highest BCUT2D eigenvalue weighted by molar-refractivity contribution is 5.16. The Balaban J connectivity index is 1.95. The molecule has 0 aliphatic carbocycles. The van der Waals surface area contributed by atoms with Crippen molar-refractivity contribution in [1.29, 1.82) is 0 Å². The zero-order valence-electron chi connectivity index (χ0n) is 13.4. The third-order valence-electron chi connectivity index (χ3n) is 4.26. The van der Waals surface area contributed by atoms with Gasteiger partial charge in [-0.15, -0.1) is 0 Å². The molecule has 0 radical (unpaired) electrons. The van der Waals surface area contributed by atoms with Crippen LogP contribution >= 0.6 is 0 Å². The molecule has 2 unspecified atom stereocenters. The largest absolute Gasteiger partial charge is 0.311 e. The summed E-state index contributed by atoms with van der Waals surface area (Å²) in [5, 5.41) is 3.69. The van der Waals surface area contributed by atoms with Crippen molar-refractivity contribution in [3.05, 3.63) is 35.9 Å². The van der Waals surface area contributed by atoms with Crippen LogP contribution < -0.4 is 5.32 Å². The van der Waals surface area contributed by atoms with Crippen molar-refractivity contribution in [1.82, 2.24) is 10.2 Å². The summed E-state index contributed by atoms with van der Waals surface area (Å²) in [7, 11) is 0. The minimum absolute atomic E-state index is 0.211. The summed E-state index contributed by atoms with van der Waals surface area (Å²) in [6.07, 6.45) is 2.90. The fourth-order valence-electron chi connectivity index (χ4n) is 3.28. The van der Waals surface area contributed by atoms with Crippen molar-refractivity contribution in [3.63, 3.8) is 0 Å². The number of nitrogens with zero attached hydrogens (tertiary/aromatic N) is 1. The predicted octanol–water partition coefficient (Wildman–Crippen LogP) is 3.28. The van der Waals surface area contributed by atoms with Crippen molar-refractivity contribution >= 4 is 0 Å². The maximum absolute atomic E-state index is 12.6. The van der Waals surface area contributed by atoms with Crippen molar-refractivity contribution in [2.75, 3.05) is 26.3 Å². The van der Waals surface area contributed by atoms with Gasteiger partial charge in [-0.1, -0.05) is 44.2 Å². The number of nitrogens with one attached hydrogen (secondary N) is 1. The highest BCUT2D eigenvalue weighted by atomic mass is 19.1. The van der Waals surface area contributed by atoms with E-state index in [4.69, 9.17) is 0 Å². The van der Waals surface area contributed by atoms with Crippen LogP contribution in [0.1, 0.15) is 32.3 Å². The molecule has 2 nitrogen and oxygen atoms in total. The average Bonchev–Trinajstić information content (AvgIpc) is 2.48. The normalized spacial score (nSPS) is 23.6. The fraction of sp³-hybridized carbons (Fsp3) is 0.667. The highest BCUT2D eigenvalue weighted by Gasteiger charge is 2.27. The molecule has 0 bridgehead atoms. The van der Waals surface area contributed by atoms with Gasteiger partial charge in [-0.2, -0.15) is 0 Å². The Morgan fingerprint density at radius 3 is 2.71 bits per heavy atom. The molecule has 1 aliphatic heterocycles. The Bertz CT molecular complexity index is 393. The van der Waals surface area contributed by atoms with E-state index in [9.17, 15) is 4.39 Å². The predicted molar refractivity (Wildman–Crippen MR) is 87.3 cm³/mol. The summed E-state index contributed by atoms with van der Waals surface area (Å²) < 4.78 is 12.6. The second-order valence-corrected chi connectivity index (χ2v) is 6.62. The molecule has 0 aromatic heterocycles. The van der Waals surface area contributed by atoms with E-state index in [1.54, 1.807) is 0 Å². The Kier molecular flexibility index (Phi) is 6.65. The van der Waals surface area contributed by atoms with E-state index in [0.717, 1.165) is 26.1 Å². The maximum atomic E-state index is 12.6. The van der Waals surface area contributed by atoms with Crippen LogP contribution in [0.25, 0.3) is 0 Å². The van der Waals surface area contributed by atoms with Crippen LogP contribution in [0.15, 0.2) is 30.3 Å². The third-order valence-corrected chi connectivity index (χ3v) is 4.26. The first-order valence-electron chi connectivity index (χ1n) is 8.26. The first kappa shape index (κ1) is 16.4. The number of hydrogen-bond acceptors (Lipinski definition) is 2. The van der Waals surface area contributed by atoms with Crippen molar-refractivity contribution in [3.8, 4) is 0 Å². The Hall–Kier alpha value is -0.930. The van der Waals surface area contributed by atoms with Crippen LogP contribution in [0.2, 0.25) is 0 Å². The average molecular weight is 292 g/mol. The number of benzene rings is 1. The Labute approximate surface area is 128 Å². The van der Waals surface area contributed by atoms with Gasteiger partial charge < -0.3 is 5.32 Å². The summed E-state index contributed by atoms with van der Waals surface area (Å²) in [6.45, 7) is 7.27. The molecule has 0 amide bonds. The molecule has 1 aromatic carbocycles. The van der Waals surface area contributed by atoms with E-state index in [2.05, 4.69) is 54.4 Å². The zero-order chi connectivity index (χ0) is 15.1. The van der Waals surface area contributed by atoms with E-state index in [1.165, 1.54) is 12.0 Å². The van der Waals surface area contributed by atoms with Gasteiger partial charge in [0.2, 0.25) is 0 Å². The number of rotatable bonds is 7. The Morgan fingerprint density at radius 1 is 1.29 bits per heavy atom. The van der Waals surface area contributed by atoms with Gasteiger partial charge in [-0.3, -0.25) is 9.29 Å². The van der Waals surface area contributed by atoms with E-state index in [-0.39, 0.29) is 6.67 Å². The summed E-state index contributed by atoms with van der Waals surface area (Å²) in [5.41, 5.74) is 1.37. The molecule has 2 rings (SSSR count). The molecule has 1 fully saturated rings. The summed E-state index contributed by atoms with van der Waals surface area (Å²) in [6, 6.07) is 11.7. The van der Waals surface area contributed by atoms with E-state index in [1.807, 2.05) is 0 Å². The smallest absolute Gasteiger partial charge is 0.0906 e. The number of piperazine rings is 1. The minimum atomic E-state index is -0.211. The van der Waals surface area contributed by atoms with E-state index in [0.29, 0.717) is 24.4 Å². The van der Waals surface area contributed by atoms with Gasteiger partial charge in [0.25, 0.3) is 0 Å². The molecule has 21 heavy (non-hydrogen) atoms. The fourth-order valence-corrected chi connectivity index (χ4v) is 3.28. The first-order valence-corrected chi connectivity index (χ1v) is 8.26. The molecule has 3 heteroatoms. The monoisotopic (exact) mass is 292 g/mol. The summed E-state index contributed by atoms with van der Waals surface area (Å²) in [5.74, 6) is 0.705. The minimum Gasteiger partial charge on any atom is -0.311 e. The van der Waals surface area contributed by atoms with Gasteiger partial charge in [0, 0.05) is 31.7 Å². The lowest BCUT2D eigenvalue weighted by atomic mass is 9.96. The number of alkyl halides is 1. The molecule has 1 saturated heterocycles. The second kappa shape index (κ2) is 8.50.